The topological polar surface area (TPSA) is 70.3 Å². The van der Waals surface area contributed by atoms with Crippen LogP contribution in [0.15, 0.2) is 41.7 Å². The number of nitrogens with one attached hydrogen (secondary N) is 1. The number of rotatable bonds is 3. The third-order valence-corrected chi connectivity index (χ3v) is 5.43. The molecule has 0 radical (unpaired) electrons. The molecule has 1 aromatic carbocycles. The van der Waals surface area contributed by atoms with Gasteiger partial charge in [0.05, 0.1) is 0 Å². The van der Waals surface area contributed by atoms with Gasteiger partial charge in [-0.2, -0.15) is 0 Å². The fourth-order valence-corrected chi connectivity index (χ4v) is 3.88. The van der Waals surface area contributed by atoms with Gasteiger partial charge in [0.2, 0.25) is 0 Å². The monoisotopic (exact) mass is 347 g/mol. The molecule has 3 aromatic rings. The van der Waals surface area contributed by atoms with E-state index in [0.717, 1.165) is 35.3 Å². The summed E-state index contributed by atoms with van der Waals surface area (Å²) < 4.78 is 0. The average Bonchev–Trinajstić information content (AvgIpc) is 3.11. The van der Waals surface area contributed by atoms with E-state index >= 15 is 0 Å². The molecular weight excluding hydrogens is 322 g/mol. The number of likely N-dealkylation sites (tertiary alicyclic amines) is 1. The molecule has 1 aliphatic heterocycles. The lowest BCUT2D eigenvalue weighted by molar-refractivity contribution is 0.254. The lowest BCUT2D eigenvalue weighted by Gasteiger charge is -2.28. The Kier molecular flexibility index (Phi) is 4.47. The second kappa shape index (κ2) is 6.92. The molecule has 1 fully saturated rings. The van der Waals surface area contributed by atoms with Gasteiger partial charge in [-0.3, -0.25) is 4.99 Å². The summed E-state index contributed by atoms with van der Waals surface area (Å²) in [5, 5.41) is 3.52. The summed E-state index contributed by atoms with van der Waals surface area (Å²) in [4.78, 5) is 14.7. The van der Waals surface area contributed by atoms with E-state index in [2.05, 4.69) is 51.2 Å². The molecule has 134 valence electrons. The van der Waals surface area contributed by atoms with Crippen molar-refractivity contribution in [1.82, 2.24) is 14.9 Å². The van der Waals surface area contributed by atoms with Crippen LogP contribution in [-0.2, 0) is 0 Å². The average molecular weight is 347 g/mol. The zero-order valence-corrected chi connectivity index (χ0v) is 15.4. The normalized spacial score (nSPS) is 17.7. The van der Waals surface area contributed by atoms with Gasteiger partial charge in [0.15, 0.2) is 0 Å². The predicted molar refractivity (Wildman–Crippen MR) is 110 cm³/mol. The van der Waals surface area contributed by atoms with Crippen molar-refractivity contribution in [3.8, 4) is 0 Å². The zero-order chi connectivity index (χ0) is 18.1. The van der Waals surface area contributed by atoms with Crippen molar-refractivity contribution in [2.24, 2.45) is 10.7 Å². The van der Waals surface area contributed by atoms with Crippen LogP contribution in [0.1, 0.15) is 30.0 Å². The van der Waals surface area contributed by atoms with Gasteiger partial charge in [-0.05, 0) is 56.1 Å². The third-order valence-electron chi connectivity index (χ3n) is 5.43. The Balaban J connectivity index is 1.80. The van der Waals surface area contributed by atoms with Crippen molar-refractivity contribution in [3.63, 3.8) is 0 Å². The molecule has 0 aliphatic carbocycles. The van der Waals surface area contributed by atoms with Crippen LogP contribution in [0.4, 0.5) is 0 Å². The molecule has 1 aliphatic rings. The first-order valence-corrected chi connectivity index (χ1v) is 9.14. The van der Waals surface area contributed by atoms with Gasteiger partial charge in [0.1, 0.15) is 5.65 Å². The summed E-state index contributed by atoms with van der Waals surface area (Å²) in [6, 6.07) is 8.66. The number of pyridine rings is 1. The molecule has 2 aromatic heterocycles. The van der Waals surface area contributed by atoms with Crippen molar-refractivity contribution >= 4 is 33.6 Å². The number of aromatic amines is 1. The first-order chi connectivity index (χ1) is 12.7. The lowest BCUT2D eigenvalue weighted by Crippen LogP contribution is -2.29. The van der Waals surface area contributed by atoms with Crippen LogP contribution >= 0.6 is 0 Å². The van der Waals surface area contributed by atoms with Crippen molar-refractivity contribution in [3.05, 3.63) is 47.9 Å². The summed E-state index contributed by atoms with van der Waals surface area (Å²) >= 11 is 0. The summed E-state index contributed by atoms with van der Waals surface area (Å²) in [5.74, 6) is 0.588. The van der Waals surface area contributed by atoms with E-state index < -0.39 is 0 Å². The highest BCUT2D eigenvalue weighted by Crippen LogP contribution is 2.32. The predicted octanol–water partition coefficient (Wildman–Crippen LogP) is 3.53. The lowest BCUT2D eigenvalue weighted by atomic mass is 9.93. The number of hydrogen-bond acceptors (Lipinski definition) is 4. The van der Waals surface area contributed by atoms with Crippen molar-refractivity contribution in [1.29, 1.82) is 0 Å². The number of nitrogens with two attached hydrogens (primary N) is 1. The number of allylic oxidation sites excluding steroid dienone is 1. The summed E-state index contributed by atoms with van der Waals surface area (Å²) in [6.07, 6.45) is 7.73. The summed E-state index contributed by atoms with van der Waals surface area (Å²) in [6.45, 7) is 2.30. The molecule has 3 N–H and O–H groups in total. The maximum Gasteiger partial charge on any atom is 0.138 e. The fourth-order valence-electron chi connectivity index (χ4n) is 3.88. The van der Waals surface area contributed by atoms with Crippen LogP contribution in [0.25, 0.3) is 27.4 Å². The van der Waals surface area contributed by atoms with Crippen LogP contribution in [-0.4, -0.2) is 48.3 Å². The van der Waals surface area contributed by atoms with Gasteiger partial charge in [-0.15, -0.1) is 0 Å². The highest BCUT2D eigenvalue weighted by molar-refractivity contribution is 6.12. The molecule has 0 atom stereocenters. The van der Waals surface area contributed by atoms with Crippen LogP contribution in [0, 0.1) is 0 Å². The number of aromatic nitrogens is 2. The second-order valence-electron chi connectivity index (χ2n) is 7.13. The maximum atomic E-state index is 5.78. The fraction of sp³-hybridized carbons (Fsp3) is 0.333. The highest BCUT2D eigenvalue weighted by Gasteiger charge is 2.20. The van der Waals surface area contributed by atoms with E-state index in [1.54, 1.807) is 19.5 Å². The molecule has 0 spiro atoms. The largest absolute Gasteiger partial charge is 0.404 e. The Labute approximate surface area is 153 Å². The molecule has 3 heterocycles. The first kappa shape index (κ1) is 16.8. The third kappa shape index (κ3) is 2.99. The van der Waals surface area contributed by atoms with Crippen molar-refractivity contribution in [2.75, 3.05) is 27.2 Å². The maximum absolute atomic E-state index is 5.78. The van der Waals surface area contributed by atoms with Crippen molar-refractivity contribution < 1.29 is 0 Å². The Morgan fingerprint density at radius 1 is 1.27 bits per heavy atom. The van der Waals surface area contributed by atoms with E-state index in [-0.39, 0.29) is 0 Å². The molecule has 0 saturated carbocycles. The SMILES string of the molecule is CN=C/C(=C\N)c1ccc2cnc3[nH]c(C4CCN(C)CC4)cc3c2c1. The zero-order valence-electron chi connectivity index (χ0n) is 15.4. The minimum atomic E-state index is 0.588. The first-order valence-electron chi connectivity index (χ1n) is 9.14. The Morgan fingerprint density at radius 2 is 2.08 bits per heavy atom. The Morgan fingerprint density at radius 3 is 2.81 bits per heavy atom. The molecule has 0 amide bonds. The number of fused-ring (bicyclic) bond motifs is 3. The minimum absolute atomic E-state index is 0.588. The van der Waals surface area contributed by atoms with Crippen molar-refractivity contribution in [2.45, 2.75) is 18.8 Å². The van der Waals surface area contributed by atoms with Gasteiger partial charge in [0, 0.05) is 53.6 Å². The van der Waals surface area contributed by atoms with Gasteiger partial charge in [-0.1, -0.05) is 12.1 Å². The number of aliphatic imine (C=N–C) groups is 1. The van der Waals surface area contributed by atoms with E-state index in [0.29, 0.717) is 5.92 Å². The Hall–Kier alpha value is -2.66. The molecule has 5 heteroatoms. The van der Waals surface area contributed by atoms with Crippen LogP contribution in [0.2, 0.25) is 0 Å². The second-order valence-corrected chi connectivity index (χ2v) is 7.13. The molecule has 5 nitrogen and oxygen atoms in total. The summed E-state index contributed by atoms with van der Waals surface area (Å²) in [7, 11) is 3.95. The van der Waals surface area contributed by atoms with E-state index in [1.807, 2.05) is 6.20 Å². The molecule has 26 heavy (non-hydrogen) atoms. The molecule has 0 unspecified atom stereocenters. The van der Waals surface area contributed by atoms with E-state index in [1.165, 1.54) is 29.3 Å². The number of H-pyrrole nitrogens is 1. The smallest absolute Gasteiger partial charge is 0.138 e. The standard InChI is InChI=1S/C21H25N5/c1-23-12-17(11-22)15-3-4-16-13-24-21-19(18(16)9-15)10-20(25-21)14-5-7-26(2)8-6-14/h3-4,9-14H,5-8,22H2,1-2H3,(H,24,25)/b17-11+,23-12?. The summed E-state index contributed by atoms with van der Waals surface area (Å²) in [5.41, 5.74) is 10.0. The number of piperidine rings is 1. The number of nitrogens with zero attached hydrogens (tertiary/aromatic N) is 3. The number of benzene rings is 1. The van der Waals surface area contributed by atoms with Crippen LogP contribution in [0.5, 0.6) is 0 Å². The van der Waals surface area contributed by atoms with Crippen LogP contribution in [0.3, 0.4) is 0 Å². The molecular formula is C21H25N5. The van der Waals surface area contributed by atoms with E-state index in [9.17, 15) is 0 Å². The van der Waals surface area contributed by atoms with Gasteiger partial charge in [0.25, 0.3) is 0 Å². The van der Waals surface area contributed by atoms with Gasteiger partial charge in [-0.25, -0.2) is 4.98 Å². The van der Waals surface area contributed by atoms with E-state index in [4.69, 9.17) is 5.73 Å². The minimum Gasteiger partial charge on any atom is -0.404 e. The van der Waals surface area contributed by atoms with Gasteiger partial charge >= 0.3 is 0 Å². The Bertz CT molecular complexity index is 990. The molecule has 4 rings (SSSR count). The number of hydrogen-bond donors (Lipinski definition) is 2. The highest BCUT2D eigenvalue weighted by atomic mass is 15.1. The van der Waals surface area contributed by atoms with Gasteiger partial charge < -0.3 is 15.6 Å². The molecule has 0 bridgehead atoms. The van der Waals surface area contributed by atoms with Crippen LogP contribution < -0.4 is 5.73 Å². The quantitative estimate of drug-likeness (QED) is 0.712. The molecule has 1 saturated heterocycles.